The fourth-order valence-corrected chi connectivity index (χ4v) is 1.90. The highest BCUT2D eigenvalue weighted by molar-refractivity contribution is 5.63. The molecule has 0 atom stereocenters. The number of aromatic nitrogens is 3. The van der Waals surface area contributed by atoms with E-state index in [4.69, 9.17) is 5.73 Å². The van der Waals surface area contributed by atoms with Crippen LogP contribution in [0.15, 0.2) is 59.7 Å². The molecule has 0 saturated heterocycles. The number of rotatable bonds is 2. The average molecular weight is 264 g/mol. The second-order valence-electron chi connectivity index (χ2n) is 4.34. The van der Waals surface area contributed by atoms with Crippen LogP contribution in [0, 0.1) is 0 Å². The predicted molar refractivity (Wildman–Crippen MR) is 77.9 cm³/mol. The predicted octanol–water partition coefficient (Wildman–Crippen LogP) is 2.08. The number of nitrogens with zero attached hydrogens (tertiary/aromatic N) is 2. The molecule has 0 amide bonds. The van der Waals surface area contributed by atoms with Gasteiger partial charge >= 0.3 is 0 Å². The Kier molecular flexibility index (Phi) is 3.01. The lowest BCUT2D eigenvalue weighted by atomic mass is 10.1. The molecule has 98 valence electrons. The SMILES string of the molecule is Nc1ccc(-c2nc(-c3cccnc3)cc(=O)[nH]2)cc1. The molecule has 2 heterocycles. The molecule has 2 aromatic heterocycles. The summed E-state index contributed by atoms with van der Waals surface area (Å²) in [5, 5.41) is 0. The highest BCUT2D eigenvalue weighted by atomic mass is 16.1. The van der Waals surface area contributed by atoms with Crippen LogP contribution >= 0.6 is 0 Å². The number of anilines is 1. The molecule has 3 aromatic rings. The quantitative estimate of drug-likeness (QED) is 0.694. The van der Waals surface area contributed by atoms with E-state index >= 15 is 0 Å². The van der Waals surface area contributed by atoms with Gasteiger partial charge in [0.15, 0.2) is 0 Å². The topological polar surface area (TPSA) is 84.7 Å². The molecule has 5 nitrogen and oxygen atoms in total. The molecular formula is C15H12N4O. The Morgan fingerprint density at radius 2 is 1.85 bits per heavy atom. The van der Waals surface area contributed by atoms with E-state index in [1.807, 2.05) is 18.2 Å². The van der Waals surface area contributed by atoms with Gasteiger partial charge in [0.2, 0.25) is 0 Å². The van der Waals surface area contributed by atoms with Crippen LogP contribution in [0.4, 0.5) is 5.69 Å². The highest BCUT2D eigenvalue weighted by Gasteiger charge is 2.06. The molecule has 5 heteroatoms. The Labute approximate surface area is 115 Å². The molecule has 0 radical (unpaired) electrons. The monoisotopic (exact) mass is 264 g/mol. The Bertz CT molecular complexity index is 779. The van der Waals surface area contributed by atoms with Crippen LogP contribution in [0.1, 0.15) is 0 Å². The molecule has 1 aromatic carbocycles. The summed E-state index contributed by atoms with van der Waals surface area (Å²) in [7, 11) is 0. The van der Waals surface area contributed by atoms with Gasteiger partial charge in [-0.2, -0.15) is 0 Å². The molecule has 0 unspecified atom stereocenters. The lowest BCUT2D eigenvalue weighted by Crippen LogP contribution is -2.08. The summed E-state index contributed by atoms with van der Waals surface area (Å²) in [5.74, 6) is 0.511. The molecule has 0 bridgehead atoms. The lowest BCUT2D eigenvalue weighted by molar-refractivity contribution is 1.13. The van der Waals surface area contributed by atoms with Crippen LogP contribution < -0.4 is 11.3 Å². The van der Waals surface area contributed by atoms with Crippen molar-refractivity contribution in [2.75, 3.05) is 5.73 Å². The Morgan fingerprint density at radius 1 is 1.05 bits per heavy atom. The van der Waals surface area contributed by atoms with Crippen molar-refractivity contribution in [2.24, 2.45) is 0 Å². The van der Waals surface area contributed by atoms with Crippen molar-refractivity contribution in [3.05, 3.63) is 65.2 Å². The van der Waals surface area contributed by atoms with Crippen molar-refractivity contribution < 1.29 is 0 Å². The third kappa shape index (κ3) is 2.42. The second-order valence-corrected chi connectivity index (χ2v) is 4.34. The zero-order valence-electron chi connectivity index (χ0n) is 10.6. The molecular weight excluding hydrogens is 252 g/mol. The lowest BCUT2D eigenvalue weighted by Gasteiger charge is -2.04. The largest absolute Gasteiger partial charge is 0.399 e. The number of aromatic amines is 1. The molecule has 3 rings (SSSR count). The maximum atomic E-state index is 11.8. The maximum absolute atomic E-state index is 11.8. The zero-order valence-corrected chi connectivity index (χ0v) is 10.6. The van der Waals surface area contributed by atoms with Gasteiger partial charge in [0.25, 0.3) is 5.56 Å². The van der Waals surface area contributed by atoms with E-state index in [-0.39, 0.29) is 5.56 Å². The van der Waals surface area contributed by atoms with Gasteiger partial charge in [0.1, 0.15) is 5.82 Å². The minimum Gasteiger partial charge on any atom is -0.399 e. The maximum Gasteiger partial charge on any atom is 0.251 e. The van der Waals surface area contributed by atoms with E-state index in [1.165, 1.54) is 6.07 Å². The third-order valence-electron chi connectivity index (χ3n) is 2.88. The Balaban J connectivity index is 2.12. The third-order valence-corrected chi connectivity index (χ3v) is 2.88. The average Bonchev–Trinajstić information content (AvgIpc) is 2.48. The van der Waals surface area contributed by atoms with E-state index in [1.54, 1.807) is 30.6 Å². The van der Waals surface area contributed by atoms with Crippen LogP contribution in [0.2, 0.25) is 0 Å². The first kappa shape index (κ1) is 12.1. The van der Waals surface area contributed by atoms with E-state index in [2.05, 4.69) is 15.0 Å². The number of benzene rings is 1. The number of nitrogens with two attached hydrogens (primary N) is 1. The second kappa shape index (κ2) is 4.97. The number of H-pyrrole nitrogens is 1. The van der Waals surface area contributed by atoms with Crippen molar-refractivity contribution in [3.8, 4) is 22.6 Å². The van der Waals surface area contributed by atoms with Gasteiger partial charge in [-0.1, -0.05) is 0 Å². The summed E-state index contributed by atoms with van der Waals surface area (Å²) in [6.45, 7) is 0. The first-order valence-electron chi connectivity index (χ1n) is 6.10. The number of nitrogen functional groups attached to an aromatic ring is 1. The van der Waals surface area contributed by atoms with Gasteiger partial charge in [-0.15, -0.1) is 0 Å². The van der Waals surface area contributed by atoms with Crippen LogP contribution in [0.3, 0.4) is 0 Å². The molecule has 0 spiro atoms. The van der Waals surface area contributed by atoms with E-state index < -0.39 is 0 Å². The summed E-state index contributed by atoms with van der Waals surface area (Å²) >= 11 is 0. The summed E-state index contributed by atoms with van der Waals surface area (Å²) in [6, 6.07) is 12.3. The van der Waals surface area contributed by atoms with Gasteiger partial charge in [-0.25, -0.2) is 4.98 Å². The van der Waals surface area contributed by atoms with E-state index in [9.17, 15) is 4.79 Å². The van der Waals surface area contributed by atoms with Gasteiger partial charge in [0, 0.05) is 35.3 Å². The zero-order chi connectivity index (χ0) is 13.9. The van der Waals surface area contributed by atoms with Crippen molar-refractivity contribution >= 4 is 5.69 Å². The molecule has 0 saturated carbocycles. The van der Waals surface area contributed by atoms with Crippen molar-refractivity contribution in [2.45, 2.75) is 0 Å². The highest BCUT2D eigenvalue weighted by Crippen LogP contribution is 2.19. The van der Waals surface area contributed by atoms with Gasteiger partial charge in [-0.05, 0) is 36.4 Å². The first-order valence-corrected chi connectivity index (χ1v) is 6.10. The fraction of sp³-hybridized carbons (Fsp3) is 0. The molecule has 3 N–H and O–H groups in total. The Hall–Kier alpha value is -2.95. The minimum atomic E-state index is -0.203. The van der Waals surface area contributed by atoms with Crippen molar-refractivity contribution in [3.63, 3.8) is 0 Å². The number of hydrogen-bond acceptors (Lipinski definition) is 4. The van der Waals surface area contributed by atoms with Gasteiger partial charge in [-0.3, -0.25) is 9.78 Å². The van der Waals surface area contributed by atoms with E-state index in [0.717, 1.165) is 11.1 Å². The summed E-state index contributed by atoms with van der Waals surface area (Å²) < 4.78 is 0. The van der Waals surface area contributed by atoms with Gasteiger partial charge < -0.3 is 10.7 Å². The smallest absolute Gasteiger partial charge is 0.251 e. The molecule has 0 aliphatic rings. The molecule has 0 fully saturated rings. The Morgan fingerprint density at radius 3 is 2.55 bits per heavy atom. The molecule has 20 heavy (non-hydrogen) atoms. The summed E-state index contributed by atoms with van der Waals surface area (Å²) in [6.07, 6.45) is 3.35. The van der Waals surface area contributed by atoms with E-state index in [0.29, 0.717) is 17.2 Å². The molecule has 0 aliphatic heterocycles. The number of pyridine rings is 1. The van der Waals surface area contributed by atoms with Crippen molar-refractivity contribution in [1.82, 2.24) is 15.0 Å². The fourth-order valence-electron chi connectivity index (χ4n) is 1.90. The van der Waals surface area contributed by atoms with Crippen molar-refractivity contribution in [1.29, 1.82) is 0 Å². The van der Waals surface area contributed by atoms with Crippen LogP contribution in [0.25, 0.3) is 22.6 Å². The summed E-state index contributed by atoms with van der Waals surface area (Å²) in [4.78, 5) is 23.0. The standard InChI is InChI=1S/C15H12N4O/c16-12-5-3-10(4-6-12)15-18-13(8-14(20)19-15)11-2-1-7-17-9-11/h1-9H,16H2,(H,18,19,20). The normalized spacial score (nSPS) is 10.4. The summed E-state index contributed by atoms with van der Waals surface area (Å²) in [5.41, 5.74) is 8.32. The first-order chi connectivity index (χ1) is 9.72. The minimum absolute atomic E-state index is 0.203. The van der Waals surface area contributed by atoms with Gasteiger partial charge in [0.05, 0.1) is 5.69 Å². The molecule has 0 aliphatic carbocycles. The van der Waals surface area contributed by atoms with Crippen LogP contribution in [0.5, 0.6) is 0 Å². The number of nitrogens with one attached hydrogen (secondary N) is 1. The van der Waals surface area contributed by atoms with Crippen LogP contribution in [-0.2, 0) is 0 Å². The van der Waals surface area contributed by atoms with Crippen LogP contribution in [-0.4, -0.2) is 15.0 Å². The number of hydrogen-bond donors (Lipinski definition) is 2.